The molecule has 3 heteroatoms. The number of rotatable bonds is 6. The second-order valence-corrected chi connectivity index (χ2v) is 3.10. The van der Waals surface area contributed by atoms with Crippen LogP contribution >= 0.6 is 11.6 Å². The summed E-state index contributed by atoms with van der Waals surface area (Å²) in [6, 6.07) is 0. The highest BCUT2D eigenvalue weighted by molar-refractivity contribution is 6.20. The third-order valence-corrected chi connectivity index (χ3v) is 1.40. The van der Waals surface area contributed by atoms with Crippen molar-refractivity contribution in [2.45, 2.75) is 38.9 Å². The topological polar surface area (TPSA) is 18.5 Å². The molecule has 0 aliphatic carbocycles. The molecular weight excluding hydrogens is 164 g/mol. The van der Waals surface area contributed by atoms with Gasteiger partial charge in [-0.25, -0.2) is 0 Å². The van der Waals surface area contributed by atoms with Gasteiger partial charge in [0.05, 0.1) is 0 Å². The molecule has 0 spiro atoms. The SMILES string of the molecule is CCOC(CC(C)Cl)OCC. The number of hydrogen-bond donors (Lipinski definition) is 0. The summed E-state index contributed by atoms with van der Waals surface area (Å²) < 4.78 is 10.6. The van der Waals surface area contributed by atoms with Gasteiger partial charge in [-0.15, -0.1) is 11.6 Å². The molecule has 0 heterocycles. The number of ether oxygens (including phenoxy) is 2. The molecule has 2 nitrogen and oxygen atoms in total. The van der Waals surface area contributed by atoms with E-state index >= 15 is 0 Å². The van der Waals surface area contributed by atoms with Crippen LogP contribution in [0.3, 0.4) is 0 Å². The lowest BCUT2D eigenvalue weighted by Gasteiger charge is -2.17. The molecule has 0 amide bonds. The summed E-state index contributed by atoms with van der Waals surface area (Å²) in [4.78, 5) is 0. The van der Waals surface area contributed by atoms with Gasteiger partial charge in [0.15, 0.2) is 6.29 Å². The van der Waals surface area contributed by atoms with Gasteiger partial charge < -0.3 is 9.47 Å². The zero-order valence-electron chi connectivity index (χ0n) is 7.47. The number of alkyl halides is 1. The smallest absolute Gasteiger partial charge is 0.158 e. The first-order chi connectivity index (χ1) is 5.20. The minimum atomic E-state index is -0.127. The summed E-state index contributed by atoms with van der Waals surface area (Å²) >= 11 is 5.78. The molecule has 0 aromatic heterocycles. The molecule has 1 unspecified atom stereocenters. The molecule has 1 atom stereocenters. The lowest BCUT2D eigenvalue weighted by atomic mass is 10.3. The molecule has 0 bridgehead atoms. The predicted molar refractivity (Wildman–Crippen MR) is 47.0 cm³/mol. The van der Waals surface area contributed by atoms with Gasteiger partial charge in [0.1, 0.15) is 0 Å². The number of halogens is 1. The Kier molecular flexibility index (Phi) is 7.02. The Balaban J connectivity index is 3.50. The van der Waals surface area contributed by atoms with E-state index in [4.69, 9.17) is 21.1 Å². The van der Waals surface area contributed by atoms with E-state index in [9.17, 15) is 0 Å². The molecule has 0 N–H and O–H groups in total. The summed E-state index contributed by atoms with van der Waals surface area (Å²) in [5.41, 5.74) is 0. The Morgan fingerprint density at radius 2 is 1.64 bits per heavy atom. The standard InChI is InChI=1S/C8H17ClO2/c1-4-10-8(11-5-2)6-7(3)9/h7-8H,4-6H2,1-3H3. The molecular formula is C8H17ClO2. The molecule has 0 saturated heterocycles. The molecule has 11 heavy (non-hydrogen) atoms. The Morgan fingerprint density at radius 1 is 1.18 bits per heavy atom. The fourth-order valence-corrected chi connectivity index (χ4v) is 0.967. The Bertz CT molecular complexity index is 80.2. The largest absolute Gasteiger partial charge is 0.353 e. The first-order valence-corrected chi connectivity index (χ1v) is 4.51. The highest BCUT2D eigenvalue weighted by atomic mass is 35.5. The molecule has 0 aromatic carbocycles. The molecule has 0 aliphatic rings. The maximum Gasteiger partial charge on any atom is 0.158 e. The van der Waals surface area contributed by atoms with Crippen molar-refractivity contribution in [1.29, 1.82) is 0 Å². The van der Waals surface area contributed by atoms with E-state index in [-0.39, 0.29) is 11.7 Å². The van der Waals surface area contributed by atoms with Gasteiger partial charge in [-0.3, -0.25) is 0 Å². The van der Waals surface area contributed by atoms with Gasteiger partial charge in [-0.05, 0) is 20.8 Å². The summed E-state index contributed by atoms with van der Waals surface area (Å²) in [6.07, 6.45) is 0.626. The van der Waals surface area contributed by atoms with Crippen LogP contribution in [0.25, 0.3) is 0 Å². The molecule has 0 radical (unpaired) electrons. The van der Waals surface area contributed by atoms with Crippen LogP contribution in [-0.4, -0.2) is 24.9 Å². The van der Waals surface area contributed by atoms with Crippen LogP contribution in [0.1, 0.15) is 27.2 Å². The van der Waals surface area contributed by atoms with Crippen molar-refractivity contribution < 1.29 is 9.47 Å². The fraction of sp³-hybridized carbons (Fsp3) is 1.00. The minimum absolute atomic E-state index is 0.109. The first-order valence-electron chi connectivity index (χ1n) is 4.08. The summed E-state index contributed by atoms with van der Waals surface area (Å²) in [5, 5.41) is 0.109. The van der Waals surface area contributed by atoms with Crippen molar-refractivity contribution >= 4 is 11.6 Å². The van der Waals surface area contributed by atoms with Crippen molar-refractivity contribution in [3.63, 3.8) is 0 Å². The van der Waals surface area contributed by atoms with Crippen molar-refractivity contribution in [2.75, 3.05) is 13.2 Å². The van der Waals surface area contributed by atoms with Crippen LogP contribution in [0.15, 0.2) is 0 Å². The van der Waals surface area contributed by atoms with E-state index < -0.39 is 0 Å². The quantitative estimate of drug-likeness (QED) is 0.462. The zero-order valence-corrected chi connectivity index (χ0v) is 8.23. The molecule has 68 valence electrons. The monoisotopic (exact) mass is 180 g/mol. The summed E-state index contributed by atoms with van der Waals surface area (Å²) in [5.74, 6) is 0. The molecule has 0 rings (SSSR count). The van der Waals surface area contributed by atoms with Gasteiger partial charge in [0.2, 0.25) is 0 Å². The highest BCUT2D eigenvalue weighted by Crippen LogP contribution is 2.08. The van der Waals surface area contributed by atoms with E-state index in [1.807, 2.05) is 20.8 Å². The van der Waals surface area contributed by atoms with Crippen LogP contribution in [0.5, 0.6) is 0 Å². The van der Waals surface area contributed by atoms with E-state index in [0.717, 1.165) is 6.42 Å². The van der Waals surface area contributed by atoms with E-state index in [1.165, 1.54) is 0 Å². The van der Waals surface area contributed by atoms with Crippen LogP contribution < -0.4 is 0 Å². The molecule has 0 aliphatic heterocycles. The average molecular weight is 181 g/mol. The normalized spacial score (nSPS) is 13.9. The van der Waals surface area contributed by atoms with Crippen molar-refractivity contribution in [1.82, 2.24) is 0 Å². The van der Waals surface area contributed by atoms with E-state index in [2.05, 4.69) is 0 Å². The Labute approximate surface area is 73.8 Å². The van der Waals surface area contributed by atoms with Crippen LogP contribution in [0.4, 0.5) is 0 Å². The van der Waals surface area contributed by atoms with Crippen molar-refractivity contribution in [2.24, 2.45) is 0 Å². The van der Waals surface area contributed by atoms with Gasteiger partial charge >= 0.3 is 0 Å². The van der Waals surface area contributed by atoms with Crippen LogP contribution in [-0.2, 0) is 9.47 Å². The second kappa shape index (κ2) is 6.89. The number of hydrogen-bond acceptors (Lipinski definition) is 2. The summed E-state index contributed by atoms with van der Waals surface area (Å²) in [6.45, 7) is 7.19. The average Bonchev–Trinajstić information content (AvgIpc) is 1.87. The van der Waals surface area contributed by atoms with Crippen LogP contribution in [0.2, 0.25) is 0 Å². The third-order valence-electron chi connectivity index (χ3n) is 1.22. The van der Waals surface area contributed by atoms with Gasteiger partial charge in [0, 0.05) is 25.0 Å². The Morgan fingerprint density at radius 3 is 1.91 bits per heavy atom. The van der Waals surface area contributed by atoms with E-state index in [0.29, 0.717) is 13.2 Å². The maximum atomic E-state index is 5.78. The van der Waals surface area contributed by atoms with Crippen LogP contribution in [0, 0.1) is 0 Å². The Hall–Kier alpha value is 0.210. The van der Waals surface area contributed by atoms with E-state index in [1.54, 1.807) is 0 Å². The third kappa shape index (κ3) is 6.60. The lowest BCUT2D eigenvalue weighted by Crippen LogP contribution is -2.20. The highest BCUT2D eigenvalue weighted by Gasteiger charge is 2.10. The maximum absolute atomic E-state index is 5.78. The van der Waals surface area contributed by atoms with Crippen molar-refractivity contribution in [3.05, 3.63) is 0 Å². The zero-order chi connectivity index (χ0) is 8.69. The first kappa shape index (κ1) is 11.2. The second-order valence-electron chi connectivity index (χ2n) is 2.36. The molecule has 0 aromatic rings. The van der Waals surface area contributed by atoms with Gasteiger partial charge in [0.25, 0.3) is 0 Å². The minimum Gasteiger partial charge on any atom is -0.353 e. The van der Waals surface area contributed by atoms with Gasteiger partial charge in [-0.2, -0.15) is 0 Å². The fourth-order valence-electron chi connectivity index (χ4n) is 0.821. The predicted octanol–water partition coefficient (Wildman–Crippen LogP) is 2.40. The molecule has 0 fully saturated rings. The lowest BCUT2D eigenvalue weighted by molar-refractivity contribution is -0.139. The summed E-state index contributed by atoms with van der Waals surface area (Å²) in [7, 11) is 0. The van der Waals surface area contributed by atoms with Crippen molar-refractivity contribution in [3.8, 4) is 0 Å². The molecule has 0 saturated carbocycles. The van der Waals surface area contributed by atoms with Gasteiger partial charge in [-0.1, -0.05) is 0 Å².